The maximum Gasteiger partial charge on any atom is 0.308 e. The van der Waals surface area contributed by atoms with Crippen LogP contribution in [-0.2, 0) is 4.79 Å². The summed E-state index contributed by atoms with van der Waals surface area (Å²) in [5, 5.41) is 12.1. The molecule has 0 saturated heterocycles. The molecule has 2 aromatic rings. The fourth-order valence-corrected chi connectivity index (χ4v) is 1.91. The van der Waals surface area contributed by atoms with Crippen LogP contribution in [0.5, 0.6) is 0 Å². The minimum Gasteiger partial charge on any atom is -0.481 e. The zero-order chi connectivity index (χ0) is 12.4. The number of carboxylic acid groups (broad SMARTS) is 1. The Morgan fingerprint density at radius 1 is 1.53 bits per heavy atom. The van der Waals surface area contributed by atoms with E-state index in [2.05, 4.69) is 10.3 Å². The SMILES string of the molecule is CNC(c1ccc2ncoc2c1)C(C)C(=O)O. The Bertz CT molecular complexity index is 535. The predicted molar refractivity (Wildman–Crippen MR) is 62.6 cm³/mol. The molecule has 1 aromatic carbocycles. The molecule has 2 rings (SSSR count). The molecular weight excluding hydrogens is 220 g/mol. The van der Waals surface area contributed by atoms with Crippen LogP contribution in [0, 0.1) is 5.92 Å². The number of fused-ring (bicyclic) bond motifs is 1. The molecule has 5 nitrogen and oxygen atoms in total. The lowest BCUT2D eigenvalue weighted by molar-refractivity contribution is -0.142. The summed E-state index contributed by atoms with van der Waals surface area (Å²) < 4.78 is 5.21. The summed E-state index contributed by atoms with van der Waals surface area (Å²) >= 11 is 0. The first-order chi connectivity index (χ1) is 8.13. The molecule has 0 aliphatic heterocycles. The molecule has 5 heteroatoms. The standard InChI is InChI=1S/C12H14N2O3/c1-7(12(15)16)11(13-2)8-3-4-9-10(5-8)17-6-14-9/h3-7,11,13H,1-2H3,(H,15,16). The van der Waals surface area contributed by atoms with Gasteiger partial charge in [0.1, 0.15) is 5.52 Å². The number of benzene rings is 1. The lowest BCUT2D eigenvalue weighted by Crippen LogP contribution is -2.28. The van der Waals surface area contributed by atoms with Gasteiger partial charge >= 0.3 is 5.97 Å². The molecule has 0 spiro atoms. The van der Waals surface area contributed by atoms with Crippen LogP contribution in [0.2, 0.25) is 0 Å². The maximum atomic E-state index is 11.0. The second kappa shape index (κ2) is 4.55. The average Bonchev–Trinajstić information content (AvgIpc) is 2.77. The average molecular weight is 234 g/mol. The zero-order valence-corrected chi connectivity index (χ0v) is 9.68. The summed E-state index contributed by atoms with van der Waals surface area (Å²) in [6.45, 7) is 1.67. The third-order valence-electron chi connectivity index (χ3n) is 2.91. The number of nitrogens with zero attached hydrogens (tertiary/aromatic N) is 1. The van der Waals surface area contributed by atoms with E-state index in [4.69, 9.17) is 9.52 Å². The number of aromatic nitrogens is 1. The third-order valence-corrected chi connectivity index (χ3v) is 2.91. The molecule has 0 amide bonds. The van der Waals surface area contributed by atoms with E-state index < -0.39 is 11.9 Å². The van der Waals surface area contributed by atoms with E-state index >= 15 is 0 Å². The number of hydrogen-bond acceptors (Lipinski definition) is 4. The van der Waals surface area contributed by atoms with Crippen molar-refractivity contribution in [3.05, 3.63) is 30.2 Å². The van der Waals surface area contributed by atoms with E-state index in [1.807, 2.05) is 18.2 Å². The Morgan fingerprint density at radius 3 is 2.94 bits per heavy atom. The zero-order valence-electron chi connectivity index (χ0n) is 9.68. The van der Waals surface area contributed by atoms with Crippen LogP contribution in [0.25, 0.3) is 11.1 Å². The second-order valence-corrected chi connectivity index (χ2v) is 3.97. The number of carboxylic acids is 1. The molecule has 0 radical (unpaired) electrons. The number of carbonyl (C=O) groups is 1. The number of nitrogens with one attached hydrogen (secondary N) is 1. The van der Waals surface area contributed by atoms with Crippen molar-refractivity contribution in [2.24, 2.45) is 5.92 Å². The van der Waals surface area contributed by atoms with Gasteiger partial charge in [-0.05, 0) is 24.7 Å². The highest BCUT2D eigenvalue weighted by Gasteiger charge is 2.24. The summed E-state index contributed by atoms with van der Waals surface area (Å²) in [5.74, 6) is -1.35. The molecule has 2 atom stereocenters. The van der Waals surface area contributed by atoms with Crippen molar-refractivity contribution in [1.82, 2.24) is 10.3 Å². The highest BCUT2D eigenvalue weighted by Crippen LogP contribution is 2.25. The molecule has 0 bridgehead atoms. The fourth-order valence-electron chi connectivity index (χ4n) is 1.91. The molecule has 90 valence electrons. The monoisotopic (exact) mass is 234 g/mol. The summed E-state index contributed by atoms with van der Waals surface area (Å²) in [7, 11) is 1.74. The number of rotatable bonds is 4. The summed E-state index contributed by atoms with van der Waals surface area (Å²) in [6, 6.07) is 5.27. The van der Waals surface area contributed by atoms with E-state index in [0.717, 1.165) is 11.1 Å². The Hall–Kier alpha value is -1.88. The van der Waals surface area contributed by atoms with Gasteiger partial charge in [0.25, 0.3) is 0 Å². The summed E-state index contributed by atoms with van der Waals surface area (Å²) in [5.41, 5.74) is 2.32. The van der Waals surface area contributed by atoms with Crippen LogP contribution in [0.4, 0.5) is 0 Å². The van der Waals surface area contributed by atoms with Gasteiger partial charge in [-0.1, -0.05) is 13.0 Å². The maximum absolute atomic E-state index is 11.0. The van der Waals surface area contributed by atoms with Crippen LogP contribution in [0.1, 0.15) is 18.5 Å². The van der Waals surface area contributed by atoms with Gasteiger partial charge in [0.05, 0.1) is 5.92 Å². The molecule has 0 aliphatic carbocycles. The van der Waals surface area contributed by atoms with Gasteiger partial charge in [0.2, 0.25) is 0 Å². The minimum absolute atomic E-state index is 0.248. The Labute approximate surface area is 98.5 Å². The third kappa shape index (κ3) is 2.14. The first-order valence-electron chi connectivity index (χ1n) is 5.36. The Kier molecular flexibility index (Phi) is 3.10. The molecule has 2 unspecified atom stereocenters. The van der Waals surface area contributed by atoms with Crippen molar-refractivity contribution >= 4 is 17.1 Å². The first-order valence-corrected chi connectivity index (χ1v) is 5.36. The molecule has 1 aromatic heterocycles. The number of oxazole rings is 1. The van der Waals surface area contributed by atoms with Crippen molar-refractivity contribution < 1.29 is 14.3 Å². The highest BCUT2D eigenvalue weighted by molar-refractivity contribution is 5.74. The van der Waals surface area contributed by atoms with Crippen molar-refractivity contribution in [3.63, 3.8) is 0 Å². The Morgan fingerprint density at radius 2 is 2.29 bits per heavy atom. The highest BCUT2D eigenvalue weighted by atomic mass is 16.4. The van der Waals surface area contributed by atoms with Crippen LogP contribution >= 0.6 is 0 Å². The van der Waals surface area contributed by atoms with Gasteiger partial charge < -0.3 is 14.8 Å². The van der Waals surface area contributed by atoms with Gasteiger partial charge in [-0.2, -0.15) is 0 Å². The fraction of sp³-hybridized carbons (Fsp3) is 0.333. The van der Waals surface area contributed by atoms with Crippen molar-refractivity contribution in [3.8, 4) is 0 Å². The molecule has 2 N–H and O–H groups in total. The Balaban J connectivity index is 2.38. The summed E-state index contributed by atoms with van der Waals surface area (Å²) in [4.78, 5) is 15.0. The minimum atomic E-state index is -0.831. The first kappa shape index (κ1) is 11.6. The topological polar surface area (TPSA) is 75.4 Å². The molecule has 17 heavy (non-hydrogen) atoms. The van der Waals surface area contributed by atoms with Crippen LogP contribution in [-0.4, -0.2) is 23.1 Å². The molecule has 0 aliphatic rings. The molecular formula is C12H14N2O3. The van der Waals surface area contributed by atoms with Crippen LogP contribution in [0.3, 0.4) is 0 Å². The van der Waals surface area contributed by atoms with Gasteiger partial charge in [0.15, 0.2) is 12.0 Å². The van der Waals surface area contributed by atoms with Crippen molar-refractivity contribution in [2.45, 2.75) is 13.0 Å². The van der Waals surface area contributed by atoms with Crippen molar-refractivity contribution in [1.29, 1.82) is 0 Å². The predicted octanol–water partition coefficient (Wildman–Crippen LogP) is 1.81. The lowest BCUT2D eigenvalue weighted by Gasteiger charge is -2.20. The molecule has 0 fully saturated rings. The van der Waals surface area contributed by atoms with Gasteiger partial charge in [0, 0.05) is 6.04 Å². The smallest absolute Gasteiger partial charge is 0.308 e. The van der Waals surface area contributed by atoms with Gasteiger partial charge in [-0.3, -0.25) is 4.79 Å². The number of aliphatic carboxylic acids is 1. The van der Waals surface area contributed by atoms with Gasteiger partial charge in [-0.15, -0.1) is 0 Å². The van der Waals surface area contributed by atoms with Crippen LogP contribution < -0.4 is 5.32 Å². The normalized spacial score (nSPS) is 14.7. The van der Waals surface area contributed by atoms with E-state index in [9.17, 15) is 4.79 Å². The number of hydrogen-bond donors (Lipinski definition) is 2. The van der Waals surface area contributed by atoms with Crippen molar-refractivity contribution in [2.75, 3.05) is 7.05 Å². The molecule has 1 heterocycles. The van der Waals surface area contributed by atoms with Gasteiger partial charge in [-0.25, -0.2) is 4.98 Å². The van der Waals surface area contributed by atoms with E-state index in [0.29, 0.717) is 5.58 Å². The lowest BCUT2D eigenvalue weighted by atomic mass is 9.94. The second-order valence-electron chi connectivity index (χ2n) is 3.97. The summed E-state index contributed by atoms with van der Waals surface area (Å²) in [6.07, 6.45) is 1.38. The van der Waals surface area contributed by atoms with E-state index in [1.165, 1.54) is 6.39 Å². The largest absolute Gasteiger partial charge is 0.481 e. The van der Waals surface area contributed by atoms with E-state index in [-0.39, 0.29) is 6.04 Å². The quantitative estimate of drug-likeness (QED) is 0.843. The van der Waals surface area contributed by atoms with E-state index in [1.54, 1.807) is 14.0 Å². The van der Waals surface area contributed by atoms with Crippen LogP contribution in [0.15, 0.2) is 29.0 Å². The molecule has 0 saturated carbocycles.